The Kier molecular flexibility index (Phi) is 7.94. The van der Waals surface area contributed by atoms with E-state index in [1.54, 1.807) is 22.7 Å². The molecule has 1 aliphatic rings. The lowest BCUT2D eigenvalue weighted by molar-refractivity contribution is -0.127. The third kappa shape index (κ3) is 5.17. The van der Waals surface area contributed by atoms with Crippen LogP contribution in [0.2, 0.25) is 0 Å². The topological polar surface area (TPSA) is 77.0 Å². The number of amides is 1. The van der Waals surface area contributed by atoms with Crippen molar-refractivity contribution in [1.29, 1.82) is 0 Å². The molecule has 218 valence electrons. The lowest BCUT2D eigenvalue weighted by atomic mass is 9.90. The fraction of sp³-hybridized carbons (Fsp3) is 0.206. The van der Waals surface area contributed by atoms with Crippen molar-refractivity contribution in [1.82, 2.24) is 9.47 Å². The van der Waals surface area contributed by atoms with Crippen molar-refractivity contribution in [2.24, 2.45) is 4.99 Å². The van der Waals surface area contributed by atoms with Crippen molar-refractivity contribution < 1.29 is 13.9 Å². The van der Waals surface area contributed by atoms with Crippen LogP contribution in [0.5, 0.6) is 5.75 Å². The van der Waals surface area contributed by atoms with Crippen molar-refractivity contribution in [2.45, 2.75) is 26.8 Å². The van der Waals surface area contributed by atoms with Gasteiger partial charge in [-0.3, -0.25) is 14.2 Å². The van der Waals surface area contributed by atoms with Crippen molar-refractivity contribution in [3.63, 3.8) is 0 Å². The van der Waals surface area contributed by atoms with Crippen molar-refractivity contribution in [3.8, 4) is 17.1 Å². The smallest absolute Gasteiger partial charge is 0.271 e. The highest BCUT2D eigenvalue weighted by Gasteiger charge is 2.36. The van der Waals surface area contributed by atoms with E-state index in [0.717, 1.165) is 26.4 Å². The fourth-order valence-corrected chi connectivity index (χ4v) is 6.90. The van der Waals surface area contributed by atoms with Gasteiger partial charge in [-0.05, 0) is 61.9 Å². The quantitative estimate of drug-likeness (QED) is 0.207. The Hall–Kier alpha value is -4.21. The monoisotopic (exact) mass is 655 g/mol. The largest absolute Gasteiger partial charge is 0.496 e. The molecular weight excluding hydrogens is 626 g/mol. The zero-order valence-electron chi connectivity index (χ0n) is 24.3. The Labute approximate surface area is 261 Å². The Bertz CT molecular complexity index is 2070. The van der Waals surface area contributed by atoms with Crippen LogP contribution in [-0.4, -0.2) is 35.6 Å². The van der Waals surface area contributed by atoms with Gasteiger partial charge in [0.25, 0.3) is 11.5 Å². The summed E-state index contributed by atoms with van der Waals surface area (Å²) in [6, 6.07) is 22.7. The van der Waals surface area contributed by atoms with E-state index in [-0.39, 0.29) is 11.5 Å². The molecule has 9 heteroatoms. The second kappa shape index (κ2) is 11.8. The number of aromatic nitrogens is 1. The van der Waals surface area contributed by atoms with E-state index in [2.05, 4.69) is 15.9 Å². The van der Waals surface area contributed by atoms with E-state index in [4.69, 9.17) is 14.1 Å². The number of halogens is 1. The first-order valence-electron chi connectivity index (χ1n) is 14.1. The summed E-state index contributed by atoms with van der Waals surface area (Å²) in [7, 11) is 1.61. The molecule has 0 radical (unpaired) electrons. The Morgan fingerprint density at radius 2 is 1.81 bits per heavy atom. The zero-order chi connectivity index (χ0) is 30.2. The van der Waals surface area contributed by atoms with Gasteiger partial charge in [0.1, 0.15) is 23.3 Å². The van der Waals surface area contributed by atoms with Crippen LogP contribution in [0.1, 0.15) is 38.1 Å². The number of thiazole rings is 1. The van der Waals surface area contributed by atoms with Gasteiger partial charge in [-0.2, -0.15) is 0 Å². The Morgan fingerprint density at radius 3 is 2.53 bits per heavy atom. The molecule has 0 unspecified atom stereocenters. The van der Waals surface area contributed by atoms with E-state index in [9.17, 15) is 9.59 Å². The van der Waals surface area contributed by atoms with Crippen LogP contribution < -0.4 is 19.6 Å². The van der Waals surface area contributed by atoms with E-state index in [0.29, 0.717) is 51.0 Å². The molecule has 3 heterocycles. The Balaban J connectivity index is 1.58. The summed E-state index contributed by atoms with van der Waals surface area (Å²) >= 11 is 4.74. The van der Waals surface area contributed by atoms with Gasteiger partial charge in [-0.25, -0.2) is 4.99 Å². The standard InChI is InChI=1S/C34H30BrN3O4S/c1-5-37(6-2)33(40)29-20(3)36-34-38(31(29)30-25-10-8-7-9-21(25)13-17-27(30)41-4)32(39)28(43-34)19-24-16-18-26(42-24)22-11-14-23(35)15-12-22/h7-19,31H,5-6H2,1-4H3/b28-19+/t31-/m0/s1. The molecule has 0 N–H and O–H groups in total. The molecule has 0 spiro atoms. The molecule has 0 saturated carbocycles. The highest BCUT2D eigenvalue weighted by atomic mass is 79.9. The van der Waals surface area contributed by atoms with Gasteiger partial charge in [0.15, 0.2) is 4.80 Å². The number of benzene rings is 3. The lowest BCUT2D eigenvalue weighted by Gasteiger charge is -2.30. The number of carbonyl (C=O) groups is 1. The number of nitrogens with zero attached hydrogens (tertiary/aromatic N) is 3. The van der Waals surface area contributed by atoms with Gasteiger partial charge < -0.3 is 14.1 Å². The van der Waals surface area contributed by atoms with Gasteiger partial charge in [-0.15, -0.1) is 0 Å². The maximum atomic E-state index is 14.3. The molecule has 0 fully saturated rings. The summed E-state index contributed by atoms with van der Waals surface area (Å²) in [5.74, 6) is 1.71. The number of ether oxygens (including phenoxy) is 1. The number of hydrogen-bond acceptors (Lipinski definition) is 6. The highest BCUT2D eigenvalue weighted by Crippen LogP contribution is 2.40. The van der Waals surface area contributed by atoms with Crippen LogP contribution in [0, 0.1) is 0 Å². The van der Waals surface area contributed by atoms with Crippen LogP contribution in [0.15, 0.2) is 103 Å². The highest BCUT2D eigenvalue weighted by molar-refractivity contribution is 9.10. The van der Waals surface area contributed by atoms with Gasteiger partial charge in [0.05, 0.1) is 22.9 Å². The number of furan rings is 1. The van der Waals surface area contributed by atoms with Crippen LogP contribution in [0.3, 0.4) is 0 Å². The number of carbonyl (C=O) groups excluding carboxylic acids is 1. The van der Waals surface area contributed by atoms with Gasteiger partial charge >= 0.3 is 0 Å². The summed E-state index contributed by atoms with van der Waals surface area (Å²) < 4.78 is 15.1. The molecule has 7 nitrogen and oxygen atoms in total. The third-order valence-electron chi connectivity index (χ3n) is 7.76. The molecule has 2 aromatic heterocycles. The molecule has 1 amide bonds. The first-order valence-corrected chi connectivity index (χ1v) is 15.7. The summed E-state index contributed by atoms with van der Waals surface area (Å²) in [6.07, 6.45) is 1.74. The first kappa shape index (κ1) is 28.9. The van der Waals surface area contributed by atoms with Crippen LogP contribution in [0.4, 0.5) is 0 Å². The minimum Gasteiger partial charge on any atom is -0.496 e. The van der Waals surface area contributed by atoms with Crippen LogP contribution in [0.25, 0.3) is 28.2 Å². The van der Waals surface area contributed by atoms with Crippen molar-refractivity contribution >= 4 is 50.0 Å². The predicted molar refractivity (Wildman–Crippen MR) is 174 cm³/mol. The van der Waals surface area contributed by atoms with E-state index < -0.39 is 6.04 Å². The molecular formula is C34H30BrN3O4S. The molecule has 5 aromatic rings. The third-order valence-corrected chi connectivity index (χ3v) is 9.27. The molecule has 0 aliphatic carbocycles. The molecule has 6 rings (SSSR count). The summed E-state index contributed by atoms with van der Waals surface area (Å²) in [5.41, 5.74) is 2.49. The first-order chi connectivity index (χ1) is 20.8. The summed E-state index contributed by atoms with van der Waals surface area (Å²) in [6.45, 7) is 6.82. The molecule has 3 aromatic carbocycles. The minimum absolute atomic E-state index is 0.148. The maximum absolute atomic E-state index is 14.3. The summed E-state index contributed by atoms with van der Waals surface area (Å²) in [5, 5.41) is 1.90. The molecule has 0 bridgehead atoms. The maximum Gasteiger partial charge on any atom is 0.271 e. The number of likely N-dealkylation sites (N-methyl/N-ethyl adjacent to an activating group) is 1. The van der Waals surface area contributed by atoms with Crippen molar-refractivity contribution in [2.75, 3.05) is 20.2 Å². The zero-order valence-corrected chi connectivity index (χ0v) is 26.7. The minimum atomic E-state index is -0.734. The van der Waals surface area contributed by atoms with E-state index >= 15 is 0 Å². The average molecular weight is 657 g/mol. The van der Waals surface area contributed by atoms with Crippen molar-refractivity contribution in [3.05, 3.63) is 120 Å². The molecule has 43 heavy (non-hydrogen) atoms. The van der Waals surface area contributed by atoms with Crippen LogP contribution >= 0.6 is 27.3 Å². The van der Waals surface area contributed by atoms with Gasteiger partial charge in [0, 0.05) is 34.8 Å². The van der Waals surface area contributed by atoms with E-state index in [1.165, 1.54) is 11.3 Å². The number of methoxy groups -OCH3 is 1. The van der Waals surface area contributed by atoms with Gasteiger partial charge in [0.2, 0.25) is 0 Å². The Morgan fingerprint density at radius 1 is 1.07 bits per heavy atom. The number of rotatable bonds is 7. The predicted octanol–water partition coefficient (Wildman–Crippen LogP) is 6.29. The number of hydrogen-bond donors (Lipinski definition) is 0. The normalized spacial score (nSPS) is 15.0. The fourth-order valence-electron chi connectivity index (χ4n) is 5.61. The summed E-state index contributed by atoms with van der Waals surface area (Å²) in [4.78, 5) is 35.5. The van der Waals surface area contributed by atoms with Crippen LogP contribution in [-0.2, 0) is 4.79 Å². The number of fused-ring (bicyclic) bond motifs is 2. The molecule has 1 aliphatic heterocycles. The second-order valence-electron chi connectivity index (χ2n) is 10.2. The van der Waals surface area contributed by atoms with Gasteiger partial charge in [-0.1, -0.05) is 69.7 Å². The second-order valence-corrected chi connectivity index (χ2v) is 12.1. The lowest BCUT2D eigenvalue weighted by Crippen LogP contribution is -2.43. The molecule has 0 saturated heterocycles. The average Bonchev–Trinajstić information content (AvgIpc) is 3.60. The number of allylic oxidation sites excluding steroid dienone is 1. The molecule has 1 atom stereocenters. The van der Waals surface area contributed by atoms with E-state index in [1.807, 2.05) is 93.6 Å². The SMILES string of the molecule is CCN(CC)C(=O)C1=C(C)N=c2s/c(=C/c3ccc(-c4ccc(Br)cc4)o3)c(=O)n2[C@@H]1c1c(OC)ccc2ccccc12.